The van der Waals surface area contributed by atoms with Gasteiger partial charge in [-0.1, -0.05) is 35.3 Å². The van der Waals surface area contributed by atoms with Crippen molar-refractivity contribution in [1.82, 2.24) is 5.32 Å². The summed E-state index contributed by atoms with van der Waals surface area (Å²) in [4.78, 5) is 0. The molecule has 6 heteroatoms. The van der Waals surface area contributed by atoms with Crippen LogP contribution in [0.4, 0.5) is 13.2 Å². The summed E-state index contributed by atoms with van der Waals surface area (Å²) in [5, 5.41) is 2.89. The summed E-state index contributed by atoms with van der Waals surface area (Å²) in [7, 11) is 0. The zero-order valence-electron chi connectivity index (χ0n) is 8.74. The summed E-state index contributed by atoms with van der Waals surface area (Å²) in [5.74, 6) is 0. The van der Waals surface area contributed by atoms with Crippen LogP contribution in [0.1, 0.15) is 12.0 Å². The number of halogens is 5. The van der Waals surface area contributed by atoms with Gasteiger partial charge in [0, 0.05) is 6.54 Å². The highest BCUT2D eigenvalue weighted by atomic mass is 35.5. The van der Waals surface area contributed by atoms with Crippen LogP contribution in [0.15, 0.2) is 18.2 Å². The molecule has 1 aromatic rings. The average molecular weight is 284 g/mol. The quantitative estimate of drug-likeness (QED) is 0.827. The van der Waals surface area contributed by atoms with Crippen LogP contribution < -0.4 is 5.32 Å². The third-order valence-corrected chi connectivity index (χ3v) is 3.98. The van der Waals surface area contributed by atoms with Gasteiger partial charge in [-0.15, -0.1) is 0 Å². The fraction of sp³-hybridized carbons (Fsp3) is 0.455. The molecule has 2 rings (SSSR count). The van der Waals surface area contributed by atoms with Crippen LogP contribution in [-0.4, -0.2) is 19.3 Å². The van der Waals surface area contributed by atoms with Gasteiger partial charge in [0.25, 0.3) is 0 Å². The monoisotopic (exact) mass is 283 g/mol. The standard InChI is InChI=1S/C11H10Cl2F3N/c12-8-3-1-2-7(9(8)13)10(11(14,15)16)4-5-17-6-10/h1-3,17H,4-6H2/t10-/m0/s1. The SMILES string of the molecule is FC(F)(F)[C@@]1(c2cccc(Cl)c2Cl)CCNC1. The highest BCUT2D eigenvalue weighted by Crippen LogP contribution is 2.48. The molecule has 0 unspecified atom stereocenters. The van der Waals surface area contributed by atoms with Gasteiger partial charge >= 0.3 is 6.18 Å². The predicted octanol–water partition coefficient (Wildman–Crippen LogP) is 3.79. The van der Waals surface area contributed by atoms with Gasteiger partial charge in [-0.3, -0.25) is 0 Å². The Morgan fingerprint density at radius 2 is 1.94 bits per heavy atom. The van der Waals surface area contributed by atoms with Gasteiger partial charge in [-0.05, 0) is 24.6 Å². The Hall–Kier alpha value is -0.450. The van der Waals surface area contributed by atoms with E-state index >= 15 is 0 Å². The third-order valence-electron chi connectivity index (χ3n) is 3.17. The maximum absolute atomic E-state index is 13.3. The van der Waals surface area contributed by atoms with E-state index in [9.17, 15) is 13.2 Å². The molecule has 1 saturated heterocycles. The first kappa shape index (κ1) is 13.0. The summed E-state index contributed by atoms with van der Waals surface area (Å²) in [6, 6.07) is 4.38. The van der Waals surface area contributed by atoms with E-state index in [4.69, 9.17) is 23.2 Å². The normalized spacial score (nSPS) is 25.2. The molecule has 1 aliphatic rings. The van der Waals surface area contributed by atoms with Gasteiger partial charge in [0.15, 0.2) is 0 Å². The van der Waals surface area contributed by atoms with Gasteiger partial charge in [-0.2, -0.15) is 13.2 Å². The molecule has 1 nitrogen and oxygen atoms in total. The van der Waals surface area contributed by atoms with Gasteiger partial charge in [0.05, 0.1) is 10.0 Å². The van der Waals surface area contributed by atoms with E-state index in [-0.39, 0.29) is 28.6 Å². The second-order valence-corrected chi connectivity index (χ2v) is 4.89. The summed E-state index contributed by atoms with van der Waals surface area (Å²) >= 11 is 11.7. The molecule has 1 heterocycles. The van der Waals surface area contributed by atoms with E-state index < -0.39 is 11.6 Å². The van der Waals surface area contributed by atoms with E-state index in [0.717, 1.165) is 0 Å². The van der Waals surface area contributed by atoms with Crippen molar-refractivity contribution in [2.75, 3.05) is 13.1 Å². The molecule has 0 spiro atoms. The van der Waals surface area contributed by atoms with E-state index in [1.54, 1.807) is 0 Å². The van der Waals surface area contributed by atoms with Crippen LogP contribution in [-0.2, 0) is 5.41 Å². The lowest BCUT2D eigenvalue weighted by atomic mass is 9.79. The number of alkyl halides is 3. The maximum Gasteiger partial charge on any atom is 0.399 e. The molecule has 94 valence electrons. The largest absolute Gasteiger partial charge is 0.399 e. The molecule has 17 heavy (non-hydrogen) atoms. The minimum absolute atomic E-state index is 0.00445. The summed E-state index contributed by atoms with van der Waals surface area (Å²) < 4.78 is 39.8. The van der Waals surface area contributed by atoms with Crippen molar-refractivity contribution in [3.8, 4) is 0 Å². The third kappa shape index (κ3) is 2.02. The molecular formula is C11H10Cl2F3N. The minimum atomic E-state index is -4.34. The van der Waals surface area contributed by atoms with Crippen molar-refractivity contribution in [3.63, 3.8) is 0 Å². The van der Waals surface area contributed by atoms with E-state index in [0.29, 0.717) is 6.54 Å². The second kappa shape index (κ2) is 4.34. The molecule has 1 atom stereocenters. The molecule has 1 aliphatic heterocycles. The summed E-state index contributed by atoms with van der Waals surface area (Å²) in [6.45, 7) is 0.166. The van der Waals surface area contributed by atoms with Crippen molar-refractivity contribution >= 4 is 23.2 Å². The summed E-state index contributed by atoms with van der Waals surface area (Å²) in [6.07, 6.45) is -4.36. The van der Waals surface area contributed by atoms with Gasteiger partial charge < -0.3 is 5.32 Å². The number of hydrogen-bond donors (Lipinski definition) is 1. The number of hydrogen-bond acceptors (Lipinski definition) is 1. The Morgan fingerprint density at radius 3 is 2.47 bits per heavy atom. The van der Waals surface area contributed by atoms with Crippen LogP contribution in [0.3, 0.4) is 0 Å². The number of rotatable bonds is 1. The number of benzene rings is 1. The number of nitrogens with one attached hydrogen (secondary N) is 1. The molecule has 1 aromatic carbocycles. The topological polar surface area (TPSA) is 12.0 Å². The van der Waals surface area contributed by atoms with E-state index in [1.807, 2.05) is 0 Å². The van der Waals surface area contributed by atoms with Gasteiger partial charge in [-0.25, -0.2) is 0 Å². The molecule has 0 amide bonds. The lowest BCUT2D eigenvalue weighted by Gasteiger charge is -2.32. The zero-order chi connectivity index (χ0) is 12.7. The maximum atomic E-state index is 13.3. The smallest absolute Gasteiger partial charge is 0.315 e. The Labute approximate surface area is 107 Å². The molecule has 1 fully saturated rings. The van der Waals surface area contributed by atoms with Crippen molar-refractivity contribution in [2.24, 2.45) is 0 Å². The van der Waals surface area contributed by atoms with Crippen LogP contribution in [0.5, 0.6) is 0 Å². The lowest BCUT2D eigenvalue weighted by Crippen LogP contribution is -2.44. The van der Waals surface area contributed by atoms with Crippen molar-refractivity contribution < 1.29 is 13.2 Å². The van der Waals surface area contributed by atoms with Crippen LogP contribution >= 0.6 is 23.2 Å². The molecule has 0 aliphatic carbocycles. The Morgan fingerprint density at radius 1 is 1.24 bits per heavy atom. The fourth-order valence-electron chi connectivity index (χ4n) is 2.19. The van der Waals surface area contributed by atoms with Crippen LogP contribution in [0, 0.1) is 0 Å². The van der Waals surface area contributed by atoms with E-state index in [2.05, 4.69) is 5.32 Å². The van der Waals surface area contributed by atoms with Crippen molar-refractivity contribution in [3.05, 3.63) is 33.8 Å². The second-order valence-electron chi connectivity index (χ2n) is 4.11. The molecule has 0 bridgehead atoms. The molecule has 0 radical (unpaired) electrons. The molecule has 0 aromatic heterocycles. The minimum Gasteiger partial charge on any atom is -0.315 e. The Kier molecular flexibility index (Phi) is 3.31. The molecule has 1 N–H and O–H groups in total. The van der Waals surface area contributed by atoms with E-state index in [1.165, 1.54) is 18.2 Å². The van der Waals surface area contributed by atoms with Gasteiger partial charge in [0.1, 0.15) is 5.41 Å². The Balaban J connectivity index is 2.58. The Bertz CT molecular complexity index is 425. The van der Waals surface area contributed by atoms with Crippen LogP contribution in [0.25, 0.3) is 0 Å². The fourth-order valence-corrected chi connectivity index (χ4v) is 2.67. The van der Waals surface area contributed by atoms with Crippen molar-refractivity contribution in [1.29, 1.82) is 0 Å². The highest BCUT2D eigenvalue weighted by molar-refractivity contribution is 6.42. The lowest BCUT2D eigenvalue weighted by molar-refractivity contribution is -0.184. The first-order valence-electron chi connectivity index (χ1n) is 5.10. The molecular weight excluding hydrogens is 274 g/mol. The molecule has 0 saturated carbocycles. The first-order chi connectivity index (χ1) is 7.88. The first-order valence-corrected chi connectivity index (χ1v) is 5.86. The van der Waals surface area contributed by atoms with Gasteiger partial charge in [0.2, 0.25) is 0 Å². The summed E-state index contributed by atoms with van der Waals surface area (Å²) in [5.41, 5.74) is -1.86. The average Bonchev–Trinajstić information content (AvgIpc) is 2.71. The van der Waals surface area contributed by atoms with Crippen molar-refractivity contribution in [2.45, 2.75) is 18.0 Å². The zero-order valence-corrected chi connectivity index (χ0v) is 10.3. The highest BCUT2D eigenvalue weighted by Gasteiger charge is 2.58. The predicted molar refractivity (Wildman–Crippen MR) is 61.7 cm³/mol. The van der Waals surface area contributed by atoms with Crippen LogP contribution in [0.2, 0.25) is 10.0 Å².